The molecule has 1 fully saturated rings. The van der Waals surface area contributed by atoms with Gasteiger partial charge in [0, 0.05) is 18.2 Å². The minimum absolute atomic E-state index is 0.371. The zero-order valence-corrected chi connectivity index (χ0v) is 8.86. The summed E-state index contributed by atoms with van der Waals surface area (Å²) in [6, 6.07) is 4.76. The fourth-order valence-electron chi connectivity index (χ4n) is 1.48. The SMILES string of the molecule is CCc1ccc(C2NC(C)CS2)o1. The molecule has 0 aliphatic carbocycles. The third-order valence-electron chi connectivity index (χ3n) is 2.24. The molecule has 0 radical (unpaired) electrons. The van der Waals surface area contributed by atoms with Crippen LogP contribution in [0, 0.1) is 0 Å². The van der Waals surface area contributed by atoms with Gasteiger partial charge in [-0.1, -0.05) is 6.92 Å². The number of aryl methyl sites for hydroxylation is 1. The Morgan fingerprint density at radius 3 is 3.00 bits per heavy atom. The Balaban J connectivity index is 2.08. The largest absolute Gasteiger partial charge is 0.464 e. The lowest BCUT2D eigenvalue weighted by Crippen LogP contribution is -2.21. The van der Waals surface area contributed by atoms with E-state index in [-0.39, 0.29) is 0 Å². The highest BCUT2D eigenvalue weighted by atomic mass is 32.2. The number of hydrogen-bond acceptors (Lipinski definition) is 3. The molecular weight excluding hydrogens is 182 g/mol. The highest BCUT2D eigenvalue weighted by Gasteiger charge is 2.24. The molecule has 1 N–H and O–H groups in total. The Labute approximate surface area is 83.1 Å². The van der Waals surface area contributed by atoms with E-state index in [4.69, 9.17) is 4.42 Å². The summed E-state index contributed by atoms with van der Waals surface area (Å²) in [6.45, 7) is 4.32. The summed E-state index contributed by atoms with van der Waals surface area (Å²) in [4.78, 5) is 0. The van der Waals surface area contributed by atoms with Crippen molar-refractivity contribution in [3.63, 3.8) is 0 Å². The number of nitrogens with one attached hydrogen (secondary N) is 1. The summed E-state index contributed by atoms with van der Waals surface area (Å²) in [7, 11) is 0. The maximum atomic E-state index is 5.68. The van der Waals surface area contributed by atoms with Crippen LogP contribution in [0.15, 0.2) is 16.5 Å². The van der Waals surface area contributed by atoms with E-state index in [0.29, 0.717) is 11.4 Å². The van der Waals surface area contributed by atoms with Crippen LogP contribution in [0.2, 0.25) is 0 Å². The first-order valence-corrected chi connectivity index (χ1v) is 5.80. The van der Waals surface area contributed by atoms with Gasteiger partial charge in [0.25, 0.3) is 0 Å². The Morgan fingerprint density at radius 2 is 2.46 bits per heavy atom. The molecule has 1 aromatic heterocycles. The molecule has 1 aliphatic heterocycles. The van der Waals surface area contributed by atoms with Gasteiger partial charge in [0.1, 0.15) is 16.9 Å². The molecular formula is C10H15NOS. The van der Waals surface area contributed by atoms with E-state index in [9.17, 15) is 0 Å². The molecule has 0 amide bonds. The Morgan fingerprint density at radius 1 is 1.62 bits per heavy atom. The molecule has 2 heterocycles. The Bertz CT molecular complexity index is 284. The van der Waals surface area contributed by atoms with Crippen molar-refractivity contribution in [1.29, 1.82) is 0 Å². The second-order valence-electron chi connectivity index (χ2n) is 3.44. The van der Waals surface area contributed by atoms with Crippen LogP contribution in [0.5, 0.6) is 0 Å². The smallest absolute Gasteiger partial charge is 0.131 e. The molecule has 0 bridgehead atoms. The van der Waals surface area contributed by atoms with Crippen LogP contribution in [0.1, 0.15) is 30.7 Å². The summed E-state index contributed by atoms with van der Waals surface area (Å²) in [5.41, 5.74) is 0. The molecule has 2 rings (SSSR count). The first-order valence-electron chi connectivity index (χ1n) is 4.76. The Kier molecular flexibility index (Phi) is 2.65. The minimum Gasteiger partial charge on any atom is -0.464 e. The van der Waals surface area contributed by atoms with Gasteiger partial charge in [-0.3, -0.25) is 5.32 Å². The van der Waals surface area contributed by atoms with Crippen LogP contribution in [0.3, 0.4) is 0 Å². The standard InChI is InChI=1S/C10H15NOS/c1-3-8-4-5-9(12-8)10-11-7(2)6-13-10/h4-5,7,10-11H,3,6H2,1-2H3. The van der Waals surface area contributed by atoms with Gasteiger partial charge in [-0.05, 0) is 19.1 Å². The van der Waals surface area contributed by atoms with Crippen LogP contribution < -0.4 is 5.32 Å². The maximum absolute atomic E-state index is 5.68. The van der Waals surface area contributed by atoms with Gasteiger partial charge < -0.3 is 4.42 Å². The number of furan rings is 1. The minimum atomic E-state index is 0.371. The van der Waals surface area contributed by atoms with Crippen molar-refractivity contribution in [1.82, 2.24) is 5.32 Å². The fourth-order valence-corrected chi connectivity index (χ4v) is 2.68. The summed E-state index contributed by atoms with van der Waals surface area (Å²) in [5.74, 6) is 3.33. The molecule has 2 nitrogen and oxygen atoms in total. The van der Waals surface area contributed by atoms with Gasteiger partial charge in [-0.15, -0.1) is 11.8 Å². The predicted molar refractivity (Wildman–Crippen MR) is 55.9 cm³/mol. The topological polar surface area (TPSA) is 25.2 Å². The third-order valence-corrected chi connectivity index (χ3v) is 3.63. The van der Waals surface area contributed by atoms with Crippen LogP contribution in [-0.4, -0.2) is 11.8 Å². The molecule has 1 aliphatic rings. The molecule has 0 spiro atoms. The molecule has 3 heteroatoms. The Hall–Kier alpha value is -0.410. The first-order chi connectivity index (χ1) is 6.29. The van der Waals surface area contributed by atoms with E-state index in [2.05, 4.69) is 31.3 Å². The van der Waals surface area contributed by atoms with Crippen molar-refractivity contribution in [2.45, 2.75) is 31.7 Å². The van der Waals surface area contributed by atoms with E-state index >= 15 is 0 Å². The van der Waals surface area contributed by atoms with Gasteiger partial charge >= 0.3 is 0 Å². The molecule has 2 unspecified atom stereocenters. The van der Waals surface area contributed by atoms with Gasteiger partial charge in [0.15, 0.2) is 0 Å². The van der Waals surface area contributed by atoms with Crippen molar-refractivity contribution < 1.29 is 4.42 Å². The van der Waals surface area contributed by atoms with Crippen LogP contribution >= 0.6 is 11.8 Å². The lowest BCUT2D eigenvalue weighted by molar-refractivity contribution is 0.443. The highest BCUT2D eigenvalue weighted by molar-refractivity contribution is 7.99. The van der Waals surface area contributed by atoms with E-state index in [0.717, 1.165) is 17.9 Å². The van der Waals surface area contributed by atoms with E-state index < -0.39 is 0 Å². The predicted octanol–water partition coefficient (Wildman–Crippen LogP) is 2.57. The molecule has 0 saturated carbocycles. The van der Waals surface area contributed by atoms with E-state index in [1.807, 2.05) is 11.8 Å². The first kappa shape index (κ1) is 9.16. The normalized spacial score (nSPS) is 28.2. The van der Waals surface area contributed by atoms with Crippen LogP contribution in [0.4, 0.5) is 0 Å². The zero-order chi connectivity index (χ0) is 9.26. The third kappa shape index (κ3) is 1.92. The van der Waals surface area contributed by atoms with Gasteiger partial charge in [0.05, 0.1) is 0 Å². The van der Waals surface area contributed by atoms with E-state index in [1.54, 1.807) is 0 Å². The van der Waals surface area contributed by atoms with Crippen molar-refractivity contribution in [2.24, 2.45) is 0 Å². The molecule has 2 atom stereocenters. The molecule has 1 saturated heterocycles. The van der Waals surface area contributed by atoms with Crippen molar-refractivity contribution in [3.8, 4) is 0 Å². The summed E-state index contributed by atoms with van der Waals surface area (Å²) < 4.78 is 5.68. The summed E-state index contributed by atoms with van der Waals surface area (Å²) in [5, 5.41) is 3.85. The lowest BCUT2D eigenvalue weighted by atomic mass is 10.3. The highest BCUT2D eigenvalue weighted by Crippen LogP contribution is 2.33. The van der Waals surface area contributed by atoms with Crippen LogP contribution in [0.25, 0.3) is 0 Å². The lowest BCUT2D eigenvalue weighted by Gasteiger charge is -2.06. The number of hydrogen-bond donors (Lipinski definition) is 1. The average Bonchev–Trinajstić information content (AvgIpc) is 2.71. The molecule has 1 aromatic rings. The van der Waals surface area contributed by atoms with Crippen molar-refractivity contribution >= 4 is 11.8 Å². The van der Waals surface area contributed by atoms with Crippen LogP contribution in [-0.2, 0) is 6.42 Å². The molecule has 0 aromatic carbocycles. The van der Waals surface area contributed by atoms with Gasteiger partial charge in [0.2, 0.25) is 0 Å². The fraction of sp³-hybridized carbons (Fsp3) is 0.600. The second kappa shape index (κ2) is 3.76. The van der Waals surface area contributed by atoms with E-state index in [1.165, 1.54) is 5.75 Å². The maximum Gasteiger partial charge on any atom is 0.131 e. The van der Waals surface area contributed by atoms with Crippen molar-refractivity contribution in [2.75, 3.05) is 5.75 Å². The molecule has 13 heavy (non-hydrogen) atoms. The average molecular weight is 197 g/mol. The number of thioether (sulfide) groups is 1. The van der Waals surface area contributed by atoms with Gasteiger partial charge in [-0.25, -0.2) is 0 Å². The monoisotopic (exact) mass is 197 g/mol. The molecule has 72 valence electrons. The van der Waals surface area contributed by atoms with Gasteiger partial charge in [-0.2, -0.15) is 0 Å². The zero-order valence-electron chi connectivity index (χ0n) is 8.04. The second-order valence-corrected chi connectivity index (χ2v) is 4.58. The summed E-state index contributed by atoms with van der Waals surface area (Å²) >= 11 is 1.92. The number of rotatable bonds is 2. The summed E-state index contributed by atoms with van der Waals surface area (Å²) in [6.07, 6.45) is 0.979. The van der Waals surface area contributed by atoms with Crippen molar-refractivity contribution in [3.05, 3.63) is 23.7 Å². The quantitative estimate of drug-likeness (QED) is 0.789.